The van der Waals surface area contributed by atoms with Gasteiger partial charge in [0.1, 0.15) is 0 Å². The largest absolute Gasteiger partial charge is 0.449 e. The zero-order chi connectivity index (χ0) is 17.5. The van der Waals surface area contributed by atoms with Crippen molar-refractivity contribution in [2.24, 2.45) is 0 Å². The zero-order valence-corrected chi connectivity index (χ0v) is 15.1. The van der Waals surface area contributed by atoms with Crippen LogP contribution in [0, 0.1) is 11.3 Å². The number of halogens is 1. The highest BCUT2D eigenvalue weighted by atomic mass is 79.9. The van der Waals surface area contributed by atoms with E-state index in [4.69, 9.17) is 10.00 Å². The number of anilines is 1. The molecule has 0 aliphatic carbocycles. The molecule has 1 aromatic carbocycles. The number of nitrogens with one attached hydrogen (secondary N) is 1. The van der Waals surface area contributed by atoms with Gasteiger partial charge >= 0.3 is 5.97 Å². The Hall–Kier alpha value is -2.43. The summed E-state index contributed by atoms with van der Waals surface area (Å²) in [7, 11) is 0. The van der Waals surface area contributed by atoms with E-state index in [9.17, 15) is 9.59 Å². The Morgan fingerprint density at radius 1 is 1.29 bits per heavy atom. The molecule has 0 saturated heterocycles. The first-order valence-corrected chi connectivity index (χ1v) is 8.54. The van der Waals surface area contributed by atoms with Gasteiger partial charge in [0.25, 0.3) is 5.91 Å². The van der Waals surface area contributed by atoms with Crippen molar-refractivity contribution in [3.05, 3.63) is 56.7 Å². The van der Waals surface area contributed by atoms with E-state index in [-0.39, 0.29) is 0 Å². The van der Waals surface area contributed by atoms with E-state index < -0.39 is 18.0 Å². The van der Waals surface area contributed by atoms with Crippen LogP contribution in [0.15, 0.2) is 46.3 Å². The van der Waals surface area contributed by atoms with Crippen molar-refractivity contribution in [3.63, 3.8) is 0 Å². The summed E-state index contributed by atoms with van der Waals surface area (Å²) in [6.45, 7) is 1.49. The molecule has 24 heavy (non-hydrogen) atoms. The predicted molar refractivity (Wildman–Crippen MR) is 96.4 cm³/mol. The lowest BCUT2D eigenvalue weighted by molar-refractivity contribution is -0.148. The van der Waals surface area contributed by atoms with Gasteiger partial charge < -0.3 is 10.1 Å². The summed E-state index contributed by atoms with van der Waals surface area (Å²) < 4.78 is 6.02. The molecule has 2 aromatic rings. The maximum atomic E-state index is 12.0. The number of hydrogen-bond acceptors (Lipinski definition) is 5. The van der Waals surface area contributed by atoms with Crippen LogP contribution in [-0.2, 0) is 14.3 Å². The Balaban J connectivity index is 1.87. The lowest BCUT2D eigenvalue weighted by Crippen LogP contribution is -2.29. The molecule has 0 saturated carbocycles. The van der Waals surface area contributed by atoms with Crippen LogP contribution in [0.2, 0.25) is 0 Å². The molecule has 7 heteroatoms. The quantitative estimate of drug-likeness (QED) is 0.603. The Bertz CT molecular complexity index is 806. The van der Waals surface area contributed by atoms with Crippen LogP contribution in [0.3, 0.4) is 0 Å². The molecule has 1 amide bonds. The standard InChI is InChI=1S/C17H13BrN2O3S/c1-11(17(22)20-13-4-2-12(10-19)3-5-13)23-16(21)9-7-14-6-8-15(18)24-14/h2-9,11H,1H3,(H,20,22)/b9-7+/t11-/m0/s1. The van der Waals surface area contributed by atoms with Crippen molar-refractivity contribution in [1.29, 1.82) is 5.26 Å². The topological polar surface area (TPSA) is 79.2 Å². The van der Waals surface area contributed by atoms with Crippen LogP contribution >= 0.6 is 27.3 Å². The number of benzene rings is 1. The van der Waals surface area contributed by atoms with Crippen LogP contribution in [0.4, 0.5) is 5.69 Å². The second-order valence-electron chi connectivity index (χ2n) is 4.73. The molecular formula is C17H13BrN2O3S. The molecule has 1 N–H and O–H groups in total. The normalized spacial score (nSPS) is 11.7. The van der Waals surface area contributed by atoms with E-state index >= 15 is 0 Å². The van der Waals surface area contributed by atoms with E-state index in [2.05, 4.69) is 21.2 Å². The minimum Gasteiger partial charge on any atom is -0.449 e. The number of carbonyl (C=O) groups is 2. The first-order chi connectivity index (χ1) is 11.5. The molecule has 2 rings (SSSR count). The number of nitriles is 1. The minimum absolute atomic E-state index is 0.444. The Kier molecular flexibility index (Phi) is 6.29. The maximum absolute atomic E-state index is 12.0. The highest BCUT2D eigenvalue weighted by Gasteiger charge is 2.16. The number of hydrogen-bond donors (Lipinski definition) is 1. The molecule has 0 unspecified atom stereocenters. The van der Waals surface area contributed by atoms with Crippen LogP contribution < -0.4 is 5.32 Å². The van der Waals surface area contributed by atoms with E-state index in [0.717, 1.165) is 8.66 Å². The third kappa shape index (κ3) is 5.33. The molecule has 122 valence electrons. The number of nitrogens with zero attached hydrogens (tertiary/aromatic N) is 1. The van der Waals surface area contributed by atoms with E-state index in [1.807, 2.05) is 18.2 Å². The molecule has 0 fully saturated rings. The SMILES string of the molecule is C[C@H](OC(=O)/C=C/c1ccc(Br)s1)C(=O)Nc1ccc(C#N)cc1. The van der Waals surface area contributed by atoms with Gasteiger partial charge in [0, 0.05) is 16.6 Å². The fourth-order valence-corrected chi connectivity index (χ4v) is 3.03. The number of rotatable bonds is 5. The summed E-state index contributed by atoms with van der Waals surface area (Å²) in [5.41, 5.74) is 1.03. The molecule has 0 spiro atoms. The van der Waals surface area contributed by atoms with Crippen molar-refractivity contribution in [1.82, 2.24) is 0 Å². The van der Waals surface area contributed by atoms with Crippen molar-refractivity contribution < 1.29 is 14.3 Å². The number of thiophene rings is 1. The van der Waals surface area contributed by atoms with Crippen LogP contribution in [0.25, 0.3) is 6.08 Å². The van der Waals surface area contributed by atoms with Gasteiger partial charge in [0.05, 0.1) is 15.4 Å². The molecule has 0 bridgehead atoms. The molecule has 5 nitrogen and oxygen atoms in total. The average molecular weight is 405 g/mol. The van der Waals surface area contributed by atoms with Crippen molar-refractivity contribution in [3.8, 4) is 6.07 Å². The molecule has 0 aliphatic rings. The van der Waals surface area contributed by atoms with Crippen LogP contribution in [0.1, 0.15) is 17.4 Å². The van der Waals surface area contributed by atoms with Gasteiger partial charge in [0.15, 0.2) is 6.10 Å². The van der Waals surface area contributed by atoms with Gasteiger partial charge in [-0.3, -0.25) is 4.79 Å². The Morgan fingerprint density at radius 3 is 2.58 bits per heavy atom. The summed E-state index contributed by atoms with van der Waals surface area (Å²) in [4.78, 5) is 24.6. The van der Waals surface area contributed by atoms with Gasteiger partial charge in [-0.15, -0.1) is 11.3 Å². The van der Waals surface area contributed by atoms with Gasteiger partial charge in [-0.25, -0.2) is 4.79 Å². The lowest BCUT2D eigenvalue weighted by Gasteiger charge is -2.12. The third-order valence-corrected chi connectivity index (χ3v) is 4.51. The minimum atomic E-state index is -0.937. The van der Waals surface area contributed by atoms with E-state index in [1.165, 1.54) is 24.3 Å². The predicted octanol–water partition coefficient (Wildman–Crippen LogP) is 3.97. The second kappa shape index (κ2) is 8.43. The van der Waals surface area contributed by atoms with Gasteiger partial charge in [-0.1, -0.05) is 0 Å². The van der Waals surface area contributed by atoms with Gasteiger partial charge in [0.2, 0.25) is 0 Å². The lowest BCUT2D eigenvalue weighted by atomic mass is 10.2. The Labute approximate surface area is 151 Å². The number of ether oxygens (including phenoxy) is 1. The monoisotopic (exact) mass is 404 g/mol. The highest BCUT2D eigenvalue weighted by molar-refractivity contribution is 9.11. The first-order valence-electron chi connectivity index (χ1n) is 6.93. The van der Waals surface area contributed by atoms with Crippen molar-refractivity contribution >= 4 is 50.9 Å². The van der Waals surface area contributed by atoms with Crippen molar-refractivity contribution in [2.75, 3.05) is 5.32 Å². The molecule has 0 aliphatic heterocycles. The maximum Gasteiger partial charge on any atom is 0.331 e. The number of amides is 1. The van der Waals surface area contributed by atoms with Crippen LogP contribution in [-0.4, -0.2) is 18.0 Å². The number of carbonyl (C=O) groups excluding carboxylic acids is 2. The average Bonchev–Trinajstić information content (AvgIpc) is 2.99. The molecule has 1 heterocycles. The zero-order valence-electron chi connectivity index (χ0n) is 12.7. The smallest absolute Gasteiger partial charge is 0.331 e. The summed E-state index contributed by atoms with van der Waals surface area (Å²) in [6.07, 6.45) is 1.97. The van der Waals surface area contributed by atoms with E-state index in [0.29, 0.717) is 11.3 Å². The fraction of sp³-hybridized carbons (Fsp3) is 0.118. The van der Waals surface area contributed by atoms with Gasteiger partial charge in [-0.2, -0.15) is 5.26 Å². The Morgan fingerprint density at radius 2 is 2.00 bits per heavy atom. The summed E-state index contributed by atoms with van der Waals surface area (Å²) >= 11 is 4.82. The second-order valence-corrected chi connectivity index (χ2v) is 7.23. The molecular weight excluding hydrogens is 392 g/mol. The summed E-state index contributed by atoms with van der Waals surface area (Å²) in [5.74, 6) is -1.04. The first kappa shape index (κ1) is 17.9. The summed E-state index contributed by atoms with van der Waals surface area (Å²) in [5, 5.41) is 11.4. The molecule has 0 radical (unpaired) electrons. The van der Waals surface area contributed by atoms with Crippen molar-refractivity contribution in [2.45, 2.75) is 13.0 Å². The third-order valence-electron chi connectivity index (χ3n) is 2.92. The van der Waals surface area contributed by atoms with E-state index in [1.54, 1.807) is 30.3 Å². The molecule has 1 aromatic heterocycles. The van der Waals surface area contributed by atoms with Crippen LogP contribution in [0.5, 0.6) is 0 Å². The van der Waals surface area contributed by atoms with Gasteiger partial charge in [-0.05, 0) is 65.3 Å². The molecule has 1 atom stereocenters. The number of esters is 1. The summed E-state index contributed by atoms with van der Waals surface area (Å²) in [6, 6.07) is 12.1. The highest BCUT2D eigenvalue weighted by Crippen LogP contribution is 2.23. The fourth-order valence-electron chi connectivity index (χ4n) is 1.71.